The van der Waals surface area contributed by atoms with Gasteiger partial charge >= 0.3 is 5.97 Å². The van der Waals surface area contributed by atoms with Gasteiger partial charge in [-0.1, -0.05) is 30.3 Å². The maximum atomic E-state index is 12.9. The number of benzene rings is 1. The number of nitrogens with zero attached hydrogens (tertiary/aromatic N) is 1. The normalized spacial score (nSPS) is 13.9. The molecule has 2 rings (SSSR count). The highest BCUT2D eigenvalue weighted by Gasteiger charge is 2.28. The van der Waals surface area contributed by atoms with E-state index in [0.29, 0.717) is 12.1 Å². The lowest BCUT2D eigenvalue weighted by atomic mass is 10.0. The predicted octanol–water partition coefficient (Wildman–Crippen LogP) is 0.0748. The van der Waals surface area contributed by atoms with E-state index in [4.69, 9.17) is 10.5 Å². The van der Waals surface area contributed by atoms with Gasteiger partial charge in [-0.15, -0.1) is 0 Å². The van der Waals surface area contributed by atoms with Crippen LogP contribution in [0.5, 0.6) is 0 Å². The van der Waals surface area contributed by atoms with Gasteiger partial charge in [0.25, 0.3) is 0 Å². The molecule has 2 aromatic rings. The molecule has 0 aliphatic rings. The Bertz CT molecular complexity index is 794. The summed E-state index contributed by atoms with van der Waals surface area (Å²) < 4.78 is 5.01. The second-order valence-electron chi connectivity index (χ2n) is 6.63. The number of amides is 2. The van der Waals surface area contributed by atoms with Gasteiger partial charge in [-0.05, 0) is 25.8 Å². The van der Waals surface area contributed by atoms with Crippen molar-refractivity contribution in [2.24, 2.45) is 5.73 Å². The zero-order valence-electron chi connectivity index (χ0n) is 16.6. The van der Waals surface area contributed by atoms with E-state index in [1.165, 1.54) is 6.33 Å². The molecule has 1 aromatic carbocycles. The lowest BCUT2D eigenvalue weighted by molar-refractivity contribution is -0.145. The molecule has 0 aliphatic carbocycles. The molecule has 0 fully saturated rings. The number of nitrogens with one attached hydrogen (secondary N) is 3. The minimum atomic E-state index is -0.916. The van der Waals surface area contributed by atoms with Crippen molar-refractivity contribution in [2.75, 3.05) is 6.61 Å². The first-order valence-corrected chi connectivity index (χ1v) is 9.44. The minimum absolute atomic E-state index is 0.187. The van der Waals surface area contributed by atoms with Gasteiger partial charge < -0.3 is 20.8 Å². The molecule has 0 radical (unpaired) electrons. The monoisotopic (exact) mass is 401 g/mol. The second kappa shape index (κ2) is 11.0. The number of aromatic nitrogens is 2. The Morgan fingerprint density at radius 2 is 1.90 bits per heavy atom. The van der Waals surface area contributed by atoms with Gasteiger partial charge in [0.15, 0.2) is 0 Å². The van der Waals surface area contributed by atoms with Crippen molar-refractivity contribution in [3.63, 3.8) is 0 Å². The van der Waals surface area contributed by atoms with Crippen molar-refractivity contribution >= 4 is 17.8 Å². The van der Waals surface area contributed by atoms with Gasteiger partial charge in [-0.25, -0.2) is 4.98 Å². The molecule has 0 unspecified atom stereocenters. The molecule has 156 valence electrons. The Labute approximate surface area is 169 Å². The summed E-state index contributed by atoms with van der Waals surface area (Å²) in [5.74, 6) is -1.56. The molecular weight excluding hydrogens is 374 g/mol. The number of ether oxygens (including phenoxy) is 1. The van der Waals surface area contributed by atoms with Crippen molar-refractivity contribution in [3.8, 4) is 0 Å². The topological polar surface area (TPSA) is 139 Å². The van der Waals surface area contributed by atoms with Crippen LogP contribution in [-0.4, -0.2) is 52.5 Å². The summed E-state index contributed by atoms with van der Waals surface area (Å²) >= 11 is 0. The summed E-state index contributed by atoms with van der Waals surface area (Å²) in [6.07, 6.45) is 3.55. The fraction of sp³-hybridized carbons (Fsp3) is 0.400. The van der Waals surface area contributed by atoms with Crippen molar-refractivity contribution in [2.45, 2.75) is 44.8 Å². The summed E-state index contributed by atoms with van der Waals surface area (Å²) in [4.78, 5) is 43.6. The highest BCUT2D eigenvalue weighted by Crippen LogP contribution is 2.06. The molecule has 1 heterocycles. The van der Waals surface area contributed by atoms with Crippen LogP contribution in [0.4, 0.5) is 0 Å². The smallest absolute Gasteiger partial charge is 0.322 e. The highest BCUT2D eigenvalue weighted by molar-refractivity contribution is 5.89. The first-order chi connectivity index (χ1) is 13.9. The van der Waals surface area contributed by atoms with E-state index in [2.05, 4.69) is 20.6 Å². The van der Waals surface area contributed by atoms with Crippen LogP contribution in [0.15, 0.2) is 42.9 Å². The summed E-state index contributed by atoms with van der Waals surface area (Å²) in [6, 6.07) is 6.99. The van der Waals surface area contributed by atoms with Crippen LogP contribution in [0.25, 0.3) is 0 Å². The Morgan fingerprint density at radius 3 is 2.48 bits per heavy atom. The summed E-state index contributed by atoms with van der Waals surface area (Å²) in [5.41, 5.74) is 7.03. The minimum Gasteiger partial charge on any atom is -0.465 e. The molecule has 2 amide bonds. The van der Waals surface area contributed by atoms with Gasteiger partial charge in [-0.3, -0.25) is 19.7 Å². The molecule has 0 saturated carbocycles. The average molecular weight is 401 g/mol. The third-order valence-electron chi connectivity index (χ3n) is 4.33. The lowest BCUT2D eigenvalue weighted by Crippen LogP contribution is -2.56. The number of nitrogens with two attached hydrogens (primary N) is 1. The second-order valence-corrected chi connectivity index (χ2v) is 6.63. The van der Waals surface area contributed by atoms with E-state index in [9.17, 15) is 14.4 Å². The highest BCUT2D eigenvalue weighted by atomic mass is 16.5. The standard InChI is InChI=1S/C20H27N5O4/c1-3-29-20(28)13(2)24-17(9-14-7-5-4-6-8-14)19(27)25-16(18(21)26)10-15-11-22-12-23-15/h4-8,11-13,16-17,24H,3,9-10H2,1-2H3,(H2,21,26)(H,22,23)(H,25,27)/t13-,16-,17-/m0/s1. The van der Waals surface area contributed by atoms with E-state index in [1.807, 2.05) is 30.3 Å². The number of aromatic amines is 1. The Hall–Kier alpha value is -3.20. The molecule has 3 atom stereocenters. The van der Waals surface area contributed by atoms with Gasteiger partial charge in [-0.2, -0.15) is 0 Å². The SMILES string of the molecule is CCOC(=O)[C@H](C)N[C@@H](Cc1ccccc1)C(=O)N[C@@H](Cc1cnc[nH]1)C(N)=O. The third-order valence-corrected chi connectivity index (χ3v) is 4.33. The summed E-state index contributed by atoms with van der Waals surface area (Å²) in [5, 5.41) is 5.67. The van der Waals surface area contributed by atoms with Gasteiger partial charge in [0.1, 0.15) is 12.1 Å². The number of carbonyl (C=O) groups excluding carboxylic acids is 3. The third kappa shape index (κ3) is 7.04. The number of hydrogen-bond donors (Lipinski definition) is 4. The molecule has 0 bridgehead atoms. The summed E-state index contributed by atoms with van der Waals surface area (Å²) in [6.45, 7) is 3.58. The number of primary amides is 1. The number of imidazole rings is 1. The van der Waals surface area contributed by atoms with Crippen LogP contribution in [0, 0.1) is 0 Å². The van der Waals surface area contributed by atoms with E-state index in [0.717, 1.165) is 5.56 Å². The Morgan fingerprint density at radius 1 is 1.17 bits per heavy atom. The molecule has 0 spiro atoms. The van der Waals surface area contributed by atoms with Crippen LogP contribution in [0.3, 0.4) is 0 Å². The maximum absolute atomic E-state index is 12.9. The van der Waals surface area contributed by atoms with E-state index >= 15 is 0 Å². The number of rotatable bonds is 11. The fourth-order valence-corrected chi connectivity index (χ4v) is 2.83. The first kappa shape index (κ1) is 22.1. The van der Waals surface area contributed by atoms with E-state index in [1.54, 1.807) is 20.0 Å². The Balaban J connectivity index is 2.12. The van der Waals surface area contributed by atoms with Crippen LogP contribution in [0.2, 0.25) is 0 Å². The quantitative estimate of drug-likeness (QED) is 0.393. The molecule has 0 saturated heterocycles. The molecule has 5 N–H and O–H groups in total. The maximum Gasteiger partial charge on any atom is 0.322 e. The molecular formula is C20H27N5O4. The van der Waals surface area contributed by atoms with Crippen LogP contribution >= 0.6 is 0 Å². The van der Waals surface area contributed by atoms with Gasteiger partial charge in [0.05, 0.1) is 19.0 Å². The first-order valence-electron chi connectivity index (χ1n) is 9.44. The average Bonchev–Trinajstić information content (AvgIpc) is 3.21. The molecule has 9 nitrogen and oxygen atoms in total. The molecule has 1 aromatic heterocycles. The zero-order chi connectivity index (χ0) is 21.2. The number of esters is 1. The lowest BCUT2D eigenvalue weighted by Gasteiger charge is -2.24. The van der Waals surface area contributed by atoms with Gasteiger partial charge in [0, 0.05) is 18.3 Å². The predicted molar refractivity (Wildman–Crippen MR) is 107 cm³/mol. The largest absolute Gasteiger partial charge is 0.465 e. The summed E-state index contributed by atoms with van der Waals surface area (Å²) in [7, 11) is 0. The van der Waals surface area contributed by atoms with Crippen LogP contribution < -0.4 is 16.4 Å². The number of carbonyl (C=O) groups is 3. The number of H-pyrrole nitrogens is 1. The van der Waals surface area contributed by atoms with Gasteiger partial charge in [0.2, 0.25) is 11.8 Å². The van der Waals surface area contributed by atoms with Crippen molar-refractivity contribution < 1.29 is 19.1 Å². The van der Waals surface area contributed by atoms with Crippen molar-refractivity contribution in [1.29, 1.82) is 0 Å². The van der Waals surface area contributed by atoms with Crippen LogP contribution in [-0.2, 0) is 32.0 Å². The fourth-order valence-electron chi connectivity index (χ4n) is 2.83. The molecule has 9 heteroatoms. The molecule has 0 aliphatic heterocycles. The van der Waals surface area contributed by atoms with E-state index in [-0.39, 0.29) is 13.0 Å². The van der Waals surface area contributed by atoms with E-state index < -0.39 is 35.9 Å². The molecule has 29 heavy (non-hydrogen) atoms. The van der Waals surface area contributed by atoms with Crippen molar-refractivity contribution in [1.82, 2.24) is 20.6 Å². The van der Waals surface area contributed by atoms with Crippen molar-refractivity contribution in [3.05, 3.63) is 54.1 Å². The number of hydrogen-bond acceptors (Lipinski definition) is 6. The zero-order valence-corrected chi connectivity index (χ0v) is 16.6. The Kier molecular flexibility index (Phi) is 8.35. The van der Waals surface area contributed by atoms with Crippen LogP contribution in [0.1, 0.15) is 25.1 Å².